The van der Waals surface area contributed by atoms with Gasteiger partial charge in [0.15, 0.2) is 0 Å². The van der Waals surface area contributed by atoms with Crippen LogP contribution in [-0.2, 0) is 4.74 Å². The van der Waals surface area contributed by atoms with Crippen molar-refractivity contribution < 1.29 is 4.74 Å². The molecule has 0 aliphatic carbocycles. The highest BCUT2D eigenvalue weighted by Gasteiger charge is 2.07. The quantitative estimate of drug-likeness (QED) is 0.616. The van der Waals surface area contributed by atoms with Crippen LogP contribution in [0.15, 0.2) is 0 Å². The Kier molecular flexibility index (Phi) is 8.10. The first-order valence-electron chi connectivity index (χ1n) is 5.09. The zero-order chi connectivity index (χ0) is 10.1. The van der Waals surface area contributed by atoms with E-state index < -0.39 is 0 Å². The molecule has 0 heterocycles. The van der Waals surface area contributed by atoms with E-state index in [-0.39, 0.29) is 0 Å². The van der Waals surface area contributed by atoms with Gasteiger partial charge in [-0.15, -0.1) is 0 Å². The minimum absolute atomic E-state index is 0.641. The van der Waals surface area contributed by atoms with Crippen LogP contribution in [-0.4, -0.2) is 30.3 Å². The normalized spacial score (nSPS) is 9.77. The molecule has 0 aliphatic rings. The number of hydrogen-bond acceptors (Lipinski definition) is 2. The number of thiocarbonyl (C=S) groups is 1. The van der Waals surface area contributed by atoms with Gasteiger partial charge in [-0.05, 0) is 25.1 Å². The molecule has 0 aromatic rings. The lowest BCUT2D eigenvalue weighted by Crippen LogP contribution is -2.32. The van der Waals surface area contributed by atoms with Gasteiger partial charge < -0.3 is 9.64 Å². The molecule has 0 bridgehead atoms. The first-order valence-corrected chi connectivity index (χ1v) is 5.50. The second kappa shape index (κ2) is 8.30. The van der Waals surface area contributed by atoms with Crippen LogP contribution in [0.5, 0.6) is 0 Å². The minimum atomic E-state index is 0.641. The van der Waals surface area contributed by atoms with Crippen molar-refractivity contribution in [3.63, 3.8) is 0 Å². The average Bonchev–Trinajstić information content (AvgIpc) is 2.17. The summed E-state index contributed by atoms with van der Waals surface area (Å²) in [4.78, 5) is 2.16. The molecule has 0 aromatic heterocycles. The van der Waals surface area contributed by atoms with Gasteiger partial charge in [0.25, 0.3) is 5.17 Å². The van der Waals surface area contributed by atoms with Crippen LogP contribution in [0.25, 0.3) is 0 Å². The number of hydrogen-bond donors (Lipinski definition) is 0. The summed E-state index contributed by atoms with van der Waals surface area (Å²) in [7, 11) is 1.65. The molecule has 0 saturated carbocycles. The van der Waals surface area contributed by atoms with Crippen molar-refractivity contribution in [3.8, 4) is 0 Å². The van der Waals surface area contributed by atoms with Gasteiger partial charge in [-0.2, -0.15) is 0 Å². The fourth-order valence-electron chi connectivity index (χ4n) is 1.12. The Balaban J connectivity index is 3.79. The molecule has 13 heavy (non-hydrogen) atoms. The van der Waals surface area contributed by atoms with E-state index >= 15 is 0 Å². The van der Waals surface area contributed by atoms with Crippen molar-refractivity contribution in [3.05, 3.63) is 0 Å². The van der Waals surface area contributed by atoms with Crippen LogP contribution in [0.1, 0.15) is 39.5 Å². The van der Waals surface area contributed by atoms with Crippen molar-refractivity contribution in [2.45, 2.75) is 39.5 Å². The van der Waals surface area contributed by atoms with Crippen LogP contribution in [0.2, 0.25) is 0 Å². The van der Waals surface area contributed by atoms with Gasteiger partial charge in [0.05, 0.1) is 7.11 Å². The van der Waals surface area contributed by atoms with Crippen LogP contribution >= 0.6 is 12.2 Å². The monoisotopic (exact) mass is 203 g/mol. The zero-order valence-electron chi connectivity index (χ0n) is 9.01. The van der Waals surface area contributed by atoms with E-state index in [9.17, 15) is 0 Å². The van der Waals surface area contributed by atoms with Crippen molar-refractivity contribution in [1.29, 1.82) is 0 Å². The smallest absolute Gasteiger partial charge is 0.259 e. The van der Waals surface area contributed by atoms with E-state index in [4.69, 9.17) is 17.0 Å². The Morgan fingerprint density at radius 3 is 1.92 bits per heavy atom. The van der Waals surface area contributed by atoms with Crippen molar-refractivity contribution in [2.24, 2.45) is 0 Å². The standard InChI is InChI=1S/C10H21NOS/c1-4-6-8-11(9-7-5-2)10(13)12-3/h4-9H2,1-3H3. The lowest BCUT2D eigenvalue weighted by atomic mass is 10.3. The summed E-state index contributed by atoms with van der Waals surface area (Å²) in [5.41, 5.74) is 0. The van der Waals surface area contributed by atoms with Gasteiger partial charge in [0.2, 0.25) is 0 Å². The van der Waals surface area contributed by atoms with Gasteiger partial charge >= 0.3 is 0 Å². The third-order valence-corrected chi connectivity index (χ3v) is 2.42. The molecule has 0 amide bonds. The van der Waals surface area contributed by atoms with E-state index in [2.05, 4.69) is 18.7 Å². The van der Waals surface area contributed by atoms with Crippen LogP contribution in [0.4, 0.5) is 0 Å². The van der Waals surface area contributed by atoms with Gasteiger partial charge in [-0.25, -0.2) is 0 Å². The molecule has 78 valence electrons. The first-order chi connectivity index (χ1) is 6.26. The maximum absolute atomic E-state index is 5.11. The molecule has 0 atom stereocenters. The summed E-state index contributed by atoms with van der Waals surface area (Å²) < 4.78 is 5.06. The molecule has 0 N–H and O–H groups in total. The molecule has 2 nitrogen and oxygen atoms in total. The van der Waals surface area contributed by atoms with E-state index in [1.54, 1.807) is 7.11 Å². The number of rotatable bonds is 6. The number of methoxy groups -OCH3 is 1. The zero-order valence-corrected chi connectivity index (χ0v) is 9.82. The SMILES string of the molecule is CCCCN(CCCC)C(=S)OC. The molecule has 3 heteroatoms. The predicted octanol–water partition coefficient (Wildman–Crippen LogP) is 2.82. The molecule has 0 saturated heterocycles. The maximum atomic E-state index is 5.11. The Morgan fingerprint density at radius 2 is 1.62 bits per heavy atom. The number of nitrogens with zero attached hydrogens (tertiary/aromatic N) is 1. The number of ether oxygens (including phenoxy) is 1. The lowest BCUT2D eigenvalue weighted by Gasteiger charge is -2.23. The Labute approximate surface area is 87.3 Å². The highest BCUT2D eigenvalue weighted by atomic mass is 32.1. The van der Waals surface area contributed by atoms with E-state index in [0.717, 1.165) is 13.1 Å². The molecular weight excluding hydrogens is 182 g/mol. The second-order valence-electron chi connectivity index (χ2n) is 3.16. The average molecular weight is 203 g/mol. The molecule has 0 spiro atoms. The highest BCUT2D eigenvalue weighted by Crippen LogP contribution is 2.01. The van der Waals surface area contributed by atoms with Gasteiger partial charge in [0.1, 0.15) is 0 Å². The first kappa shape index (κ1) is 12.7. The van der Waals surface area contributed by atoms with Gasteiger partial charge in [-0.3, -0.25) is 0 Å². The molecule has 0 aromatic carbocycles. The summed E-state index contributed by atoms with van der Waals surface area (Å²) >= 11 is 5.11. The summed E-state index contributed by atoms with van der Waals surface area (Å²) in [6.45, 7) is 6.44. The Bertz CT molecular complexity index is 131. The third kappa shape index (κ3) is 5.86. The second-order valence-corrected chi connectivity index (χ2v) is 3.51. The highest BCUT2D eigenvalue weighted by molar-refractivity contribution is 7.80. The molecular formula is C10H21NOS. The van der Waals surface area contributed by atoms with Crippen molar-refractivity contribution >= 4 is 17.4 Å². The Hall–Kier alpha value is -0.310. The molecule has 0 fully saturated rings. The topological polar surface area (TPSA) is 12.5 Å². The van der Waals surface area contributed by atoms with E-state index in [1.807, 2.05) is 0 Å². The predicted molar refractivity (Wildman–Crippen MR) is 61.0 cm³/mol. The molecule has 0 unspecified atom stereocenters. The van der Waals surface area contributed by atoms with Gasteiger partial charge in [-0.1, -0.05) is 26.7 Å². The van der Waals surface area contributed by atoms with Crippen LogP contribution in [0.3, 0.4) is 0 Å². The van der Waals surface area contributed by atoms with Crippen molar-refractivity contribution in [2.75, 3.05) is 20.2 Å². The third-order valence-electron chi connectivity index (χ3n) is 2.00. The lowest BCUT2D eigenvalue weighted by molar-refractivity contribution is 0.288. The fourth-order valence-corrected chi connectivity index (χ4v) is 1.30. The largest absolute Gasteiger partial charge is 0.474 e. The van der Waals surface area contributed by atoms with Crippen LogP contribution in [0, 0.1) is 0 Å². The number of unbranched alkanes of at least 4 members (excludes halogenated alkanes) is 2. The molecule has 0 rings (SSSR count). The van der Waals surface area contributed by atoms with Crippen LogP contribution < -0.4 is 0 Å². The summed E-state index contributed by atoms with van der Waals surface area (Å²) in [5.74, 6) is 0. The summed E-state index contributed by atoms with van der Waals surface area (Å²) in [6.07, 6.45) is 4.78. The maximum Gasteiger partial charge on any atom is 0.259 e. The molecule has 0 aliphatic heterocycles. The summed E-state index contributed by atoms with van der Waals surface area (Å²) in [5, 5.41) is 0.641. The summed E-state index contributed by atoms with van der Waals surface area (Å²) in [6, 6.07) is 0. The van der Waals surface area contributed by atoms with Gasteiger partial charge in [0, 0.05) is 13.1 Å². The minimum Gasteiger partial charge on any atom is -0.474 e. The Morgan fingerprint density at radius 1 is 1.15 bits per heavy atom. The van der Waals surface area contributed by atoms with E-state index in [0.29, 0.717) is 5.17 Å². The van der Waals surface area contributed by atoms with E-state index in [1.165, 1.54) is 25.7 Å². The fraction of sp³-hybridized carbons (Fsp3) is 0.900. The van der Waals surface area contributed by atoms with Crippen molar-refractivity contribution in [1.82, 2.24) is 4.90 Å². The molecule has 0 radical (unpaired) electrons.